The monoisotopic (exact) mass is 239 g/mol. The van der Waals surface area contributed by atoms with E-state index in [4.69, 9.17) is 5.73 Å². The highest BCUT2D eigenvalue weighted by atomic mass is 16.3. The zero-order chi connectivity index (χ0) is 12.5. The normalized spacial score (nSPS) is 10.9. The summed E-state index contributed by atoms with van der Waals surface area (Å²) >= 11 is 0. The van der Waals surface area contributed by atoms with E-state index in [9.17, 15) is 5.11 Å². The molecular formula is C14H13N3O. The predicted molar refractivity (Wildman–Crippen MR) is 70.2 cm³/mol. The van der Waals surface area contributed by atoms with Crippen molar-refractivity contribution in [1.82, 2.24) is 9.38 Å². The van der Waals surface area contributed by atoms with Crippen LogP contribution in [0.5, 0.6) is 5.75 Å². The molecule has 18 heavy (non-hydrogen) atoms. The second kappa shape index (κ2) is 4.16. The van der Waals surface area contributed by atoms with Crippen LogP contribution in [0.15, 0.2) is 48.8 Å². The Bertz CT molecular complexity index is 686. The highest BCUT2D eigenvalue weighted by molar-refractivity contribution is 5.65. The fourth-order valence-corrected chi connectivity index (χ4v) is 2.08. The summed E-state index contributed by atoms with van der Waals surface area (Å²) in [5.74, 6) is 1.10. The Morgan fingerprint density at radius 2 is 1.94 bits per heavy atom. The van der Waals surface area contributed by atoms with Crippen molar-refractivity contribution in [3.05, 3.63) is 54.4 Å². The Hall–Kier alpha value is -2.33. The number of hydrogen-bond donors (Lipinski definition) is 2. The van der Waals surface area contributed by atoms with Crippen LogP contribution in [0, 0.1) is 0 Å². The van der Waals surface area contributed by atoms with Crippen LogP contribution in [0.3, 0.4) is 0 Å². The van der Waals surface area contributed by atoms with Gasteiger partial charge in [-0.1, -0.05) is 6.07 Å². The standard InChI is InChI=1S/C14H13N3O/c15-8-11-2-1-7-17-13(11)9-16-14(17)10-3-5-12(18)6-4-10/h1-7,9,18H,8,15H2. The lowest BCUT2D eigenvalue weighted by molar-refractivity contribution is 0.475. The van der Waals surface area contributed by atoms with Gasteiger partial charge in [0.1, 0.15) is 11.6 Å². The number of benzene rings is 1. The average Bonchev–Trinajstić information content (AvgIpc) is 2.83. The molecule has 0 bridgehead atoms. The van der Waals surface area contributed by atoms with E-state index in [2.05, 4.69) is 4.98 Å². The third-order valence-corrected chi connectivity index (χ3v) is 3.00. The van der Waals surface area contributed by atoms with Gasteiger partial charge in [-0.15, -0.1) is 0 Å². The maximum atomic E-state index is 9.31. The second-order valence-electron chi connectivity index (χ2n) is 4.12. The zero-order valence-corrected chi connectivity index (χ0v) is 9.74. The Morgan fingerprint density at radius 1 is 1.17 bits per heavy atom. The molecule has 0 aliphatic rings. The van der Waals surface area contributed by atoms with Crippen LogP contribution in [0.4, 0.5) is 0 Å². The van der Waals surface area contributed by atoms with E-state index in [1.54, 1.807) is 12.1 Å². The Kier molecular flexibility index (Phi) is 2.50. The van der Waals surface area contributed by atoms with Crippen LogP contribution in [-0.2, 0) is 6.54 Å². The van der Waals surface area contributed by atoms with Gasteiger partial charge < -0.3 is 10.8 Å². The molecule has 4 nitrogen and oxygen atoms in total. The number of imidazole rings is 1. The van der Waals surface area contributed by atoms with E-state index >= 15 is 0 Å². The Balaban J connectivity index is 2.21. The number of pyridine rings is 1. The Morgan fingerprint density at radius 3 is 2.67 bits per heavy atom. The van der Waals surface area contributed by atoms with Crippen LogP contribution in [-0.4, -0.2) is 14.5 Å². The van der Waals surface area contributed by atoms with Gasteiger partial charge in [-0.2, -0.15) is 0 Å². The van der Waals surface area contributed by atoms with Crippen LogP contribution in [0.1, 0.15) is 5.56 Å². The lowest BCUT2D eigenvalue weighted by Gasteiger charge is -2.04. The molecule has 4 heteroatoms. The molecule has 0 atom stereocenters. The first-order valence-corrected chi connectivity index (χ1v) is 5.74. The van der Waals surface area contributed by atoms with Gasteiger partial charge in [-0.3, -0.25) is 4.40 Å². The van der Waals surface area contributed by atoms with Crippen molar-refractivity contribution < 1.29 is 5.11 Å². The van der Waals surface area contributed by atoms with Gasteiger partial charge in [0, 0.05) is 18.3 Å². The lowest BCUT2D eigenvalue weighted by Crippen LogP contribution is -1.99. The van der Waals surface area contributed by atoms with Crippen molar-refractivity contribution in [2.75, 3.05) is 0 Å². The molecule has 0 spiro atoms. The van der Waals surface area contributed by atoms with Crippen molar-refractivity contribution in [3.8, 4) is 17.1 Å². The molecule has 0 amide bonds. The number of nitrogens with two attached hydrogens (primary N) is 1. The molecule has 3 aromatic rings. The minimum Gasteiger partial charge on any atom is -0.508 e. The molecular weight excluding hydrogens is 226 g/mol. The van der Waals surface area contributed by atoms with Crippen LogP contribution in [0.25, 0.3) is 16.9 Å². The van der Waals surface area contributed by atoms with Gasteiger partial charge >= 0.3 is 0 Å². The first-order chi connectivity index (χ1) is 8.79. The lowest BCUT2D eigenvalue weighted by atomic mass is 10.2. The van der Waals surface area contributed by atoms with Gasteiger partial charge in [0.25, 0.3) is 0 Å². The largest absolute Gasteiger partial charge is 0.508 e. The number of fused-ring (bicyclic) bond motifs is 1. The predicted octanol–water partition coefficient (Wildman–Crippen LogP) is 2.17. The summed E-state index contributed by atoms with van der Waals surface area (Å²) in [4.78, 5) is 4.43. The quantitative estimate of drug-likeness (QED) is 0.720. The van der Waals surface area contributed by atoms with E-state index in [1.165, 1.54) is 0 Å². The number of phenols is 1. The SMILES string of the molecule is NCc1cccn2c(-c3ccc(O)cc3)ncc12. The third-order valence-electron chi connectivity index (χ3n) is 3.00. The number of aromatic nitrogens is 2. The van der Waals surface area contributed by atoms with E-state index in [-0.39, 0.29) is 5.75 Å². The maximum Gasteiger partial charge on any atom is 0.144 e. The van der Waals surface area contributed by atoms with Gasteiger partial charge in [0.05, 0.1) is 11.7 Å². The summed E-state index contributed by atoms with van der Waals surface area (Å²) in [6, 6.07) is 11.0. The molecule has 2 aromatic heterocycles. The molecule has 0 unspecified atom stereocenters. The summed E-state index contributed by atoms with van der Waals surface area (Å²) in [5, 5.41) is 9.31. The smallest absolute Gasteiger partial charge is 0.144 e. The molecule has 0 fully saturated rings. The van der Waals surface area contributed by atoms with E-state index < -0.39 is 0 Å². The van der Waals surface area contributed by atoms with Crippen molar-refractivity contribution in [2.24, 2.45) is 5.73 Å². The molecule has 2 heterocycles. The maximum absolute atomic E-state index is 9.31. The van der Waals surface area contributed by atoms with Crippen molar-refractivity contribution in [2.45, 2.75) is 6.54 Å². The molecule has 3 rings (SSSR count). The fraction of sp³-hybridized carbons (Fsp3) is 0.0714. The number of hydrogen-bond acceptors (Lipinski definition) is 3. The van der Waals surface area contributed by atoms with Crippen LogP contribution in [0.2, 0.25) is 0 Å². The zero-order valence-electron chi connectivity index (χ0n) is 9.74. The number of aromatic hydroxyl groups is 1. The van der Waals surface area contributed by atoms with E-state index in [1.807, 2.05) is 41.1 Å². The van der Waals surface area contributed by atoms with Gasteiger partial charge in [0.2, 0.25) is 0 Å². The first-order valence-electron chi connectivity index (χ1n) is 5.74. The van der Waals surface area contributed by atoms with Crippen LogP contribution >= 0.6 is 0 Å². The van der Waals surface area contributed by atoms with E-state index in [0.29, 0.717) is 6.54 Å². The van der Waals surface area contributed by atoms with Crippen molar-refractivity contribution in [3.63, 3.8) is 0 Å². The molecule has 3 N–H and O–H groups in total. The molecule has 0 aliphatic carbocycles. The summed E-state index contributed by atoms with van der Waals surface area (Å²) in [6.45, 7) is 0.491. The minimum atomic E-state index is 0.252. The second-order valence-corrected chi connectivity index (χ2v) is 4.12. The number of phenolic OH excluding ortho intramolecular Hbond substituents is 1. The average molecular weight is 239 g/mol. The van der Waals surface area contributed by atoms with Crippen molar-refractivity contribution >= 4 is 5.52 Å². The van der Waals surface area contributed by atoms with Gasteiger partial charge in [0.15, 0.2) is 0 Å². The molecule has 0 aliphatic heterocycles. The third kappa shape index (κ3) is 1.63. The summed E-state index contributed by atoms with van der Waals surface area (Å²) in [7, 11) is 0. The van der Waals surface area contributed by atoms with Crippen molar-refractivity contribution in [1.29, 1.82) is 0 Å². The van der Waals surface area contributed by atoms with Gasteiger partial charge in [-0.05, 0) is 35.9 Å². The summed E-state index contributed by atoms with van der Waals surface area (Å²) < 4.78 is 2.01. The fourth-order valence-electron chi connectivity index (χ4n) is 2.08. The summed E-state index contributed by atoms with van der Waals surface area (Å²) in [5.41, 5.74) is 8.75. The number of rotatable bonds is 2. The Labute approximate surface area is 104 Å². The first kappa shape index (κ1) is 10.8. The highest BCUT2D eigenvalue weighted by Crippen LogP contribution is 2.23. The number of nitrogens with zero attached hydrogens (tertiary/aromatic N) is 2. The molecule has 1 aromatic carbocycles. The van der Waals surface area contributed by atoms with Gasteiger partial charge in [-0.25, -0.2) is 4.98 Å². The minimum absolute atomic E-state index is 0.252. The molecule has 0 saturated heterocycles. The molecule has 90 valence electrons. The highest BCUT2D eigenvalue weighted by Gasteiger charge is 2.08. The van der Waals surface area contributed by atoms with Crippen LogP contribution < -0.4 is 5.73 Å². The molecule has 0 radical (unpaired) electrons. The van der Waals surface area contributed by atoms with E-state index in [0.717, 1.165) is 22.5 Å². The topological polar surface area (TPSA) is 63.5 Å². The summed E-state index contributed by atoms with van der Waals surface area (Å²) in [6.07, 6.45) is 3.79. The molecule has 0 saturated carbocycles.